The number of ether oxygens (including phenoxy) is 1. The number of hydrogen-bond acceptors (Lipinski definition) is 3. The van der Waals surface area contributed by atoms with Crippen molar-refractivity contribution in [3.05, 3.63) is 36.5 Å². The number of aryl methyl sites for hydroxylation is 1. The van der Waals surface area contributed by atoms with Crippen LogP contribution in [-0.4, -0.2) is 41.4 Å². The molecule has 1 aromatic heterocycles. The number of rotatable bonds is 3. The maximum atomic E-state index is 12.6. The summed E-state index contributed by atoms with van der Waals surface area (Å²) in [6.45, 7) is 2.96. The minimum atomic E-state index is -0.0864. The van der Waals surface area contributed by atoms with E-state index in [2.05, 4.69) is 9.88 Å². The van der Waals surface area contributed by atoms with Crippen LogP contribution in [-0.2, 0) is 11.3 Å². The highest BCUT2D eigenvalue weighted by Gasteiger charge is 2.26. The van der Waals surface area contributed by atoms with Crippen LogP contribution in [0.4, 0.5) is 10.7 Å². The van der Waals surface area contributed by atoms with Crippen LogP contribution in [0.15, 0.2) is 36.5 Å². The fraction of sp³-hybridized carbons (Fsp3) is 0.444. The van der Waals surface area contributed by atoms with Gasteiger partial charge in [-0.15, -0.1) is 0 Å². The summed E-state index contributed by atoms with van der Waals surface area (Å²) in [5.41, 5.74) is 1.98. The molecule has 2 aromatic rings. The Bertz CT molecular complexity index is 707. The van der Waals surface area contributed by atoms with E-state index in [9.17, 15) is 4.79 Å². The van der Waals surface area contributed by atoms with E-state index in [0.717, 1.165) is 49.6 Å². The second-order valence-electron chi connectivity index (χ2n) is 6.31. The molecule has 1 saturated heterocycles. The van der Waals surface area contributed by atoms with Gasteiger partial charge in [-0.05, 0) is 19.3 Å². The van der Waals surface area contributed by atoms with Crippen molar-refractivity contribution >= 4 is 12.0 Å². The Labute approximate surface area is 141 Å². The van der Waals surface area contributed by atoms with E-state index in [4.69, 9.17) is 9.72 Å². The minimum absolute atomic E-state index is 0.0864. The highest BCUT2D eigenvalue weighted by molar-refractivity contribution is 5.90. The van der Waals surface area contributed by atoms with E-state index >= 15 is 0 Å². The number of amides is 2. The summed E-state index contributed by atoms with van der Waals surface area (Å²) < 4.78 is 7.63. The Morgan fingerprint density at radius 3 is 2.92 bits per heavy atom. The van der Waals surface area contributed by atoms with Crippen LogP contribution < -0.4 is 10.2 Å². The summed E-state index contributed by atoms with van der Waals surface area (Å²) in [4.78, 5) is 19.0. The fourth-order valence-electron chi connectivity index (χ4n) is 3.33. The molecule has 1 unspecified atom stereocenters. The maximum absolute atomic E-state index is 12.6. The third-order valence-electron chi connectivity index (χ3n) is 4.60. The Kier molecular flexibility index (Phi) is 4.21. The second-order valence-corrected chi connectivity index (χ2v) is 6.31. The summed E-state index contributed by atoms with van der Waals surface area (Å²) in [6, 6.07) is 9.98. The third-order valence-corrected chi connectivity index (χ3v) is 4.60. The molecule has 1 fully saturated rings. The van der Waals surface area contributed by atoms with Crippen molar-refractivity contribution in [3.63, 3.8) is 0 Å². The van der Waals surface area contributed by atoms with Crippen molar-refractivity contribution in [2.24, 2.45) is 0 Å². The van der Waals surface area contributed by atoms with Gasteiger partial charge in [-0.2, -0.15) is 0 Å². The van der Waals surface area contributed by atoms with Crippen molar-refractivity contribution < 1.29 is 9.53 Å². The molecule has 3 heterocycles. The Balaban J connectivity index is 1.50. The van der Waals surface area contributed by atoms with E-state index in [0.29, 0.717) is 13.1 Å². The number of nitrogens with zero attached hydrogens (tertiary/aromatic N) is 3. The predicted octanol–water partition coefficient (Wildman–Crippen LogP) is 2.65. The monoisotopic (exact) mass is 326 g/mol. The van der Waals surface area contributed by atoms with Crippen molar-refractivity contribution in [1.82, 2.24) is 14.9 Å². The topological polar surface area (TPSA) is 59.4 Å². The summed E-state index contributed by atoms with van der Waals surface area (Å²) in [7, 11) is 0. The smallest absolute Gasteiger partial charge is 0.324 e. The highest BCUT2D eigenvalue weighted by atomic mass is 16.5. The molecular formula is C18H22N4O2. The number of aromatic nitrogens is 2. The number of fused-ring (bicyclic) bond motifs is 1. The lowest BCUT2D eigenvalue weighted by Crippen LogP contribution is -2.46. The number of urea groups is 1. The Morgan fingerprint density at radius 1 is 1.25 bits per heavy atom. The van der Waals surface area contributed by atoms with E-state index < -0.39 is 0 Å². The molecular weight excluding hydrogens is 304 g/mol. The van der Waals surface area contributed by atoms with Gasteiger partial charge in [0.05, 0.1) is 11.8 Å². The summed E-state index contributed by atoms with van der Waals surface area (Å²) in [5, 5.41) is 2.99. The number of benzene rings is 1. The van der Waals surface area contributed by atoms with Gasteiger partial charge < -0.3 is 14.6 Å². The first-order valence-corrected chi connectivity index (χ1v) is 8.61. The van der Waals surface area contributed by atoms with Gasteiger partial charge >= 0.3 is 6.03 Å². The SMILES string of the molecule is O=C(NCC1CCCO1)N1CCCn2cc(-c3ccccc3)nc21. The number of nitrogens with one attached hydrogen (secondary N) is 1. The quantitative estimate of drug-likeness (QED) is 0.943. The third kappa shape index (κ3) is 3.01. The molecule has 0 aliphatic carbocycles. The molecule has 0 bridgehead atoms. The molecule has 6 nitrogen and oxygen atoms in total. The molecule has 1 aromatic carbocycles. The van der Waals surface area contributed by atoms with Gasteiger partial charge in [0.15, 0.2) is 0 Å². The van der Waals surface area contributed by atoms with Crippen LogP contribution in [0, 0.1) is 0 Å². The number of carbonyl (C=O) groups is 1. The molecule has 1 atom stereocenters. The minimum Gasteiger partial charge on any atom is -0.376 e. The fourth-order valence-corrected chi connectivity index (χ4v) is 3.33. The zero-order valence-corrected chi connectivity index (χ0v) is 13.6. The second kappa shape index (κ2) is 6.65. The molecule has 0 spiro atoms. The van der Waals surface area contributed by atoms with E-state index in [1.807, 2.05) is 36.5 Å². The first kappa shape index (κ1) is 15.2. The molecule has 0 saturated carbocycles. The number of imidazole rings is 1. The summed E-state index contributed by atoms with van der Waals surface area (Å²) >= 11 is 0. The van der Waals surface area contributed by atoms with Crippen molar-refractivity contribution in [3.8, 4) is 11.3 Å². The van der Waals surface area contributed by atoms with Crippen molar-refractivity contribution in [2.45, 2.75) is 31.9 Å². The first-order valence-electron chi connectivity index (χ1n) is 8.61. The van der Waals surface area contributed by atoms with Gasteiger partial charge in [-0.25, -0.2) is 9.78 Å². The van der Waals surface area contributed by atoms with E-state index in [-0.39, 0.29) is 12.1 Å². The van der Waals surface area contributed by atoms with Crippen LogP contribution in [0.3, 0.4) is 0 Å². The highest BCUT2D eigenvalue weighted by Crippen LogP contribution is 2.26. The maximum Gasteiger partial charge on any atom is 0.324 e. The summed E-state index contributed by atoms with van der Waals surface area (Å²) in [6.07, 6.45) is 5.22. The van der Waals surface area contributed by atoms with E-state index in [1.54, 1.807) is 4.90 Å². The molecule has 4 rings (SSSR count). The average molecular weight is 326 g/mol. The molecule has 2 aliphatic rings. The lowest BCUT2D eigenvalue weighted by Gasteiger charge is -2.27. The normalized spacial score (nSPS) is 20.0. The van der Waals surface area contributed by atoms with Crippen LogP contribution >= 0.6 is 0 Å². The van der Waals surface area contributed by atoms with Crippen LogP contribution in [0.1, 0.15) is 19.3 Å². The average Bonchev–Trinajstić information content (AvgIpc) is 3.29. The number of hydrogen-bond donors (Lipinski definition) is 1. The largest absolute Gasteiger partial charge is 0.376 e. The van der Waals surface area contributed by atoms with Gasteiger partial charge in [-0.3, -0.25) is 4.90 Å². The molecule has 126 valence electrons. The lowest BCUT2D eigenvalue weighted by molar-refractivity contribution is 0.111. The Hall–Kier alpha value is -2.34. The molecule has 6 heteroatoms. The standard InChI is InChI=1S/C18H22N4O2/c23-18(19-12-15-8-4-11-24-15)22-10-5-9-21-13-16(20-17(21)22)14-6-2-1-3-7-14/h1-3,6-7,13,15H,4-5,8-12H2,(H,19,23). The first-order chi connectivity index (χ1) is 11.8. The molecule has 1 N–H and O–H groups in total. The molecule has 2 amide bonds. The van der Waals surface area contributed by atoms with Crippen LogP contribution in [0.25, 0.3) is 11.3 Å². The van der Waals surface area contributed by atoms with Gasteiger partial charge in [0.25, 0.3) is 0 Å². The zero-order valence-electron chi connectivity index (χ0n) is 13.6. The molecule has 24 heavy (non-hydrogen) atoms. The summed E-state index contributed by atoms with van der Waals surface area (Å²) in [5.74, 6) is 0.727. The van der Waals surface area contributed by atoms with Crippen molar-refractivity contribution in [2.75, 3.05) is 24.6 Å². The number of carbonyl (C=O) groups excluding carboxylic acids is 1. The van der Waals surface area contributed by atoms with Gasteiger partial charge in [0.1, 0.15) is 0 Å². The predicted molar refractivity (Wildman–Crippen MR) is 92.0 cm³/mol. The number of anilines is 1. The Morgan fingerprint density at radius 2 is 2.12 bits per heavy atom. The van der Waals surface area contributed by atoms with Crippen LogP contribution in [0.5, 0.6) is 0 Å². The van der Waals surface area contributed by atoms with E-state index in [1.165, 1.54) is 0 Å². The van der Waals surface area contributed by atoms with Crippen LogP contribution in [0.2, 0.25) is 0 Å². The van der Waals surface area contributed by atoms with Gasteiger partial charge in [0.2, 0.25) is 5.95 Å². The molecule has 2 aliphatic heterocycles. The van der Waals surface area contributed by atoms with Gasteiger partial charge in [0, 0.05) is 38.0 Å². The lowest BCUT2D eigenvalue weighted by atomic mass is 10.2. The van der Waals surface area contributed by atoms with Crippen molar-refractivity contribution in [1.29, 1.82) is 0 Å². The molecule has 0 radical (unpaired) electrons. The van der Waals surface area contributed by atoms with Gasteiger partial charge in [-0.1, -0.05) is 30.3 Å². The zero-order chi connectivity index (χ0) is 16.4.